The first kappa shape index (κ1) is 12.0. The second kappa shape index (κ2) is 5.26. The van der Waals surface area contributed by atoms with E-state index in [2.05, 4.69) is 39.4 Å². The number of aromatic nitrogens is 2. The lowest BCUT2D eigenvalue weighted by Gasteiger charge is -2.28. The average molecular weight is 255 g/mol. The molecule has 3 rings (SSSR count). The van der Waals surface area contributed by atoms with Gasteiger partial charge in [0.2, 0.25) is 0 Å². The molecular formula is C15H17N3O. The lowest BCUT2D eigenvalue weighted by molar-refractivity contribution is 0.578. The van der Waals surface area contributed by atoms with Crippen LogP contribution in [0.4, 0.5) is 5.69 Å². The quantitative estimate of drug-likeness (QED) is 0.896. The maximum Gasteiger partial charge on any atom is 0.264 e. The van der Waals surface area contributed by atoms with Crippen molar-refractivity contribution in [2.75, 3.05) is 18.0 Å². The van der Waals surface area contributed by atoms with E-state index in [-0.39, 0.29) is 5.56 Å². The summed E-state index contributed by atoms with van der Waals surface area (Å²) in [5, 5.41) is 6.50. The normalized spacial score (nSPS) is 15.5. The van der Waals surface area contributed by atoms with Gasteiger partial charge in [0.05, 0.1) is 5.69 Å². The van der Waals surface area contributed by atoms with E-state index in [1.165, 1.54) is 31.0 Å². The summed E-state index contributed by atoms with van der Waals surface area (Å²) >= 11 is 0. The van der Waals surface area contributed by atoms with Gasteiger partial charge in [0.25, 0.3) is 5.56 Å². The highest BCUT2D eigenvalue weighted by molar-refractivity contribution is 5.62. The molecule has 1 aliphatic rings. The number of hydrogen-bond donors (Lipinski definition) is 1. The Kier molecular flexibility index (Phi) is 3.31. The van der Waals surface area contributed by atoms with Crippen molar-refractivity contribution in [2.24, 2.45) is 0 Å². The van der Waals surface area contributed by atoms with Crippen LogP contribution < -0.4 is 10.5 Å². The smallest absolute Gasteiger partial charge is 0.264 e. The molecule has 0 bridgehead atoms. The largest absolute Gasteiger partial charge is 0.372 e. The number of benzene rings is 1. The molecule has 1 aromatic carbocycles. The summed E-state index contributed by atoms with van der Waals surface area (Å²) in [6, 6.07) is 11.6. The van der Waals surface area contributed by atoms with Crippen molar-refractivity contribution in [1.29, 1.82) is 0 Å². The molecule has 0 unspecified atom stereocenters. The van der Waals surface area contributed by atoms with Crippen molar-refractivity contribution in [2.45, 2.75) is 19.3 Å². The summed E-state index contributed by atoms with van der Waals surface area (Å²) in [6.07, 6.45) is 3.91. The molecule has 1 aliphatic heterocycles. The van der Waals surface area contributed by atoms with Crippen LogP contribution in [0.3, 0.4) is 0 Å². The topological polar surface area (TPSA) is 49.0 Å². The third-order valence-electron chi connectivity index (χ3n) is 3.56. The van der Waals surface area contributed by atoms with Crippen LogP contribution >= 0.6 is 0 Å². The van der Waals surface area contributed by atoms with Crippen LogP contribution in [-0.2, 0) is 0 Å². The molecule has 0 aliphatic carbocycles. The van der Waals surface area contributed by atoms with E-state index >= 15 is 0 Å². The van der Waals surface area contributed by atoms with E-state index in [0.717, 1.165) is 24.3 Å². The van der Waals surface area contributed by atoms with Crippen molar-refractivity contribution in [3.63, 3.8) is 0 Å². The highest BCUT2D eigenvalue weighted by Crippen LogP contribution is 2.23. The summed E-state index contributed by atoms with van der Waals surface area (Å²) < 4.78 is 0. The molecule has 4 heteroatoms. The molecule has 1 aromatic heterocycles. The van der Waals surface area contributed by atoms with E-state index in [0.29, 0.717) is 0 Å². The zero-order valence-electron chi connectivity index (χ0n) is 10.8. The van der Waals surface area contributed by atoms with Crippen LogP contribution in [0, 0.1) is 0 Å². The van der Waals surface area contributed by atoms with Gasteiger partial charge in [-0.15, -0.1) is 0 Å². The number of anilines is 1. The minimum Gasteiger partial charge on any atom is -0.372 e. The first-order chi connectivity index (χ1) is 9.33. The Bertz CT molecular complexity index is 577. The SMILES string of the molecule is O=c1ccc(-c2ccc(N3CCCCC3)cc2)n[nH]1. The van der Waals surface area contributed by atoms with E-state index in [4.69, 9.17) is 0 Å². The van der Waals surface area contributed by atoms with Crippen molar-refractivity contribution >= 4 is 5.69 Å². The van der Waals surface area contributed by atoms with E-state index in [1.807, 2.05) is 0 Å². The number of hydrogen-bond acceptors (Lipinski definition) is 3. The molecule has 98 valence electrons. The highest BCUT2D eigenvalue weighted by Gasteiger charge is 2.10. The van der Waals surface area contributed by atoms with E-state index in [9.17, 15) is 4.79 Å². The molecule has 2 heterocycles. The van der Waals surface area contributed by atoms with Crippen molar-refractivity contribution in [3.05, 3.63) is 46.8 Å². The number of rotatable bonds is 2. The maximum absolute atomic E-state index is 11.0. The van der Waals surface area contributed by atoms with Gasteiger partial charge < -0.3 is 4.90 Å². The highest BCUT2D eigenvalue weighted by atomic mass is 16.1. The number of nitrogens with zero attached hydrogens (tertiary/aromatic N) is 2. The van der Waals surface area contributed by atoms with Gasteiger partial charge in [-0.05, 0) is 37.5 Å². The van der Waals surface area contributed by atoms with Crippen molar-refractivity contribution in [1.82, 2.24) is 10.2 Å². The maximum atomic E-state index is 11.0. The van der Waals surface area contributed by atoms with Gasteiger partial charge in [-0.25, -0.2) is 5.10 Å². The predicted octanol–water partition coefficient (Wildman–Crippen LogP) is 2.43. The molecule has 2 aromatic rings. The minimum atomic E-state index is -0.173. The third-order valence-corrected chi connectivity index (χ3v) is 3.56. The van der Waals surface area contributed by atoms with E-state index in [1.54, 1.807) is 6.07 Å². The Balaban J connectivity index is 1.82. The average Bonchev–Trinajstić information content (AvgIpc) is 2.49. The molecular weight excluding hydrogens is 238 g/mol. The molecule has 0 radical (unpaired) electrons. The molecule has 0 saturated carbocycles. The van der Waals surface area contributed by atoms with Crippen LogP contribution in [-0.4, -0.2) is 23.3 Å². The summed E-state index contributed by atoms with van der Waals surface area (Å²) in [6.45, 7) is 2.30. The van der Waals surface area contributed by atoms with E-state index < -0.39 is 0 Å². The van der Waals surface area contributed by atoms with Gasteiger partial charge in [-0.3, -0.25) is 4.79 Å². The Hall–Kier alpha value is -2.10. The summed E-state index contributed by atoms with van der Waals surface area (Å²) in [5.74, 6) is 0. The van der Waals surface area contributed by atoms with Crippen LogP contribution in [0.1, 0.15) is 19.3 Å². The van der Waals surface area contributed by atoms with Gasteiger partial charge in [-0.2, -0.15) is 5.10 Å². The van der Waals surface area contributed by atoms with Gasteiger partial charge in [0, 0.05) is 30.4 Å². The van der Waals surface area contributed by atoms with Crippen LogP contribution in [0.5, 0.6) is 0 Å². The molecule has 0 atom stereocenters. The molecule has 0 amide bonds. The van der Waals surface area contributed by atoms with Crippen molar-refractivity contribution < 1.29 is 0 Å². The lowest BCUT2D eigenvalue weighted by atomic mass is 10.1. The van der Waals surface area contributed by atoms with Gasteiger partial charge in [-0.1, -0.05) is 12.1 Å². The summed E-state index contributed by atoms with van der Waals surface area (Å²) in [7, 11) is 0. The lowest BCUT2D eigenvalue weighted by Crippen LogP contribution is -2.29. The second-order valence-corrected chi connectivity index (χ2v) is 4.90. The molecule has 19 heavy (non-hydrogen) atoms. The standard InChI is InChI=1S/C15H17N3O/c19-15-9-8-14(16-17-15)12-4-6-13(7-5-12)18-10-2-1-3-11-18/h4-9H,1-3,10-11H2,(H,17,19). The molecule has 4 nitrogen and oxygen atoms in total. The monoisotopic (exact) mass is 255 g/mol. The molecule has 0 spiro atoms. The van der Waals surface area contributed by atoms with Crippen LogP contribution in [0.15, 0.2) is 41.2 Å². The first-order valence-corrected chi connectivity index (χ1v) is 6.74. The number of nitrogens with one attached hydrogen (secondary N) is 1. The second-order valence-electron chi connectivity index (χ2n) is 4.90. The predicted molar refractivity (Wildman–Crippen MR) is 76.4 cm³/mol. The zero-order valence-corrected chi connectivity index (χ0v) is 10.8. The van der Waals surface area contributed by atoms with Crippen LogP contribution in [0.2, 0.25) is 0 Å². The van der Waals surface area contributed by atoms with Gasteiger partial charge >= 0.3 is 0 Å². The third kappa shape index (κ3) is 2.67. The first-order valence-electron chi connectivity index (χ1n) is 6.74. The van der Waals surface area contributed by atoms with Gasteiger partial charge in [0.15, 0.2) is 0 Å². The van der Waals surface area contributed by atoms with Gasteiger partial charge in [0.1, 0.15) is 0 Å². The number of piperidine rings is 1. The molecule has 1 N–H and O–H groups in total. The summed E-state index contributed by atoms with van der Waals surface area (Å²) in [4.78, 5) is 13.4. The Morgan fingerprint density at radius 1 is 0.947 bits per heavy atom. The van der Waals surface area contributed by atoms with Crippen molar-refractivity contribution in [3.8, 4) is 11.3 Å². The Morgan fingerprint density at radius 2 is 1.68 bits per heavy atom. The van der Waals surface area contributed by atoms with Crippen LogP contribution in [0.25, 0.3) is 11.3 Å². The fourth-order valence-electron chi connectivity index (χ4n) is 2.50. The molecule has 1 fully saturated rings. The summed E-state index contributed by atoms with van der Waals surface area (Å²) in [5.41, 5.74) is 2.92. The minimum absolute atomic E-state index is 0.173. The number of aromatic amines is 1. The molecule has 1 saturated heterocycles. The fourth-order valence-corrected chi connectivity index (χ4v) is 2.50. The fraction of sp³-hybridized carbons (Fsp3) is 0.333. The Labute approximate surface area is 112 Å². The Morgan fingerprint density at radius 3 is 2.32 bits per heavy atom. The number of H-pyrrole nitrogens is 1. The zero-order chi connectivity index (χ0) is 13.1.